The van der Waals surface area contributed by atoms with Crippen molar-refractivity contribution in [3.05, 3.63) is 35.0 Å². The lowest BCUT2D eigenvalue weighted by molar-refractivity contribution is -0.115. The molecule has 2 aromatic rings. The highest BCUT2D eigenvalue weighted by atomic mass is 32.1. The summed E-state index contributed by atoms with van der Waals surface area (Å²) in [6, 6.07) is 5.87. The highest BCUT2D eigenvalue weighted by molar-refractivity contribution is 7.16. The van der Waals surface area contributed by atoms with E-state index in [-0.39, 0.29) is 5.91 Å². The van der Waals surface area contributed by atoms with Gasteiger partial charge in [-0.05, 0) is 36.6 Å². The predicted molar refractivity (Wildman–Crippen MR) is 95.2 cm³/mol. The first-order chi connectivity index (χ1) is 11.8. The number of carbonyl (C=O) groups excluding carboxylic acids is 1. The molecule has 2 aliphatic heterocycles. The van der Waals surface area contributed by atoms with Gasteiger partial charge < -0.3 is 4.74 Å². The molecule has 0 spiro atoms. The molecule has 122 valence electrons. The number of guanidine groups is 1. The van der Waals surface area contributed by atoms with Crippen LogP contribution in [-0.2, 0) is 9.53 Å². The molecule has 0 aliphatic carbocycles. The van der Waals surface area contributed by atoms with Crippen LogP contribution in [0, 0.1) is 5.92 Å². The molecule has 7 heteroatoms. The first-order valence-electron chi connectivity index (χ1n) is 7.85. The molecule has 2 aliphatic rings. The molecule has 1 amide bonds. The third-order valence-electron chi connectivity index (χ3n) is 3.95. The average molecular weight is 340 g/mol. The smallest absolute Gasteiger partial charge is 0.276 e. The maximum absolute atomic E-state index is 12.1. The zero-order valence-corrected chi connectivity index (χ0v) is 13.8. The Balaban J connectivity index is 1.52. The fourth-order valence-electron chi connectivity index (χ4n) is 2.70. The van der Waals surface area contributed by atoms with Crippen LogP contribution in [0.1, 0.15) is 18.4 Å². The maximum atomic E-state index is 12.1. The van der Waals surface area contributed by atoms with E-state index in [1.165, 1.54) is 0 Å². The number of carbonyl (C=O) groups is 1. The number of fused-ring (bicyclic) bond motifs is 1. The van der Waals surface area contributed by atoms with Crippen LogP contribution < -0.4 is 5.32 Å². The molecule has 1 N–H and O–H groups in total. The van der Waals surface area contributed by atoms with Gasteiger partial charge in [-0.15, -0.1) is 11.3 Å². The van der Waals surface area contributed by atoms with Crippen LogP contribution in [0.25, 0.3) is 16.3 Å². The van der Waals surface area contributed by atoms with Gasteiger partial charge >= 0.3 is 0 Å². The number of rotatable bonds is 2. The first-order valence-corrected chi connectivity index (χ1v) is 8.73. The number of aliphatic imine (C=N–C) groups is 2. The Morgan fingerprint density at radius 2 is 2.38 bits per heavy atom. The van der Waals surface area contributed by atoms with Gasteiger partial charge in [-0.3, -0.25) is 10.1 Å². The summed E-state index contributed by atoms with van der Waals surface area (Å²) in [4.78, 5) is 24.9. The number of hydrogen-bond donors (Lipinski definition) is 1. The Hall–Kier alpha value is -2.38. The number of hydrogen-bond acceptors (Lipinski definition) is 6. The fraction of sp³-hybridized carbons (Fsp3) is 0.294. The lowest BCUT2D eigenvalue weighted by atomic mass is 10.0. The Morgan fingerprint density at radius 3 is 3.25 bits per heavy atom. The van der Waals surface area contributed by atoms with E-state index < -0.39 is 0 Å². The predicted octanol–water partition coefficient (Wildman–Crippen LogP) is 2.62. The van der Waals surface area contributed by atoms with Crippen molar-refractivity contribution < 1.29 is 9.53 Å². The van der Waals surface area contributed by atoms with E-state index in [9.17, 15) is 4.79 Å². The summed E-state index contributed by atoms with van der Waals surface area (Å²) in [5.74, 6) is 0.405. The van der Waals surface area contributed by atoms with Gasteiger partial charge in [0.15, 0.2) is 0 Å². The minimum atomic E-state index is -0.230. The molecule has 0 bridgehead atoms. The van der Waals surface area contributed by atoms with Gasteiger partial charge in [0.1, 0.15) is 5.70 Å². The Kier molecular flexibility index (Phi) is 4.18. The number of nitrogens with one attached hydrogen (secondary N) is 1. The van der Waals surface area contributed by atoms with Gasteiger partial charge in [-0.25, -0.2) is 15.0 Å². The lowest BCUT2D eigenvalue weighted by Gasteiger charge is -2.17. The second-order valence-corrected chi connectivity index (χ2v) is 6.64. The minimum absolute atomic E-state index is 0.230. The van der Waals surface area contributed by atoms with Crippen molar-refractivity contribution in [2.24, 2.45) is 15.9 Å². The van der Waals surface area contributed by atoms with Gasteiger partial charge in [0.25, 0.3) is 5.91 Å². The van der Waals surface area contributed by atoms with E-state index in [2.05, 4.69) is 20.3 Å². The van der Waals surface area contributed by atoms with Crippen LogP contribution in [0.4, 0.5) is 0 Å². The second-order valence-electron chi connectivity index (χ2n) is 5.75. The summed E-state index contributed by atoms with van der Waals surface area (Å²) in [5, 5.41) is 2.69. The third-order valence-corrected chi connectivity index (χ3v) is 4.74. The summed E-state index contributed by atoms with van der Waals surface area (Å²) < 4.78 is 6.50. The molecule has 24 heavy (non-hydrogen) atoms. The number of benzene rings is 1. The summed E-state index contributed by atoms with van der Waals surface area (Å²) >= 11 is 1.57. The van der Waals surface area contributed by atoms with Crippen molar-refractivity contribution in [2.75, 3.05) is 13.2 Å². The third kappa shape index (κ3) is 3.27. The first kappa shape index (κ1) is 15.2. The van der Waals surface area contributed by atoms with Crippen LogP contribution in [0.5, 0.6) is 0 Å². The van der Waals surface area contributed by atoms with Crippen LogP contribution in [0.3, 0.4) is 0 Å². The molecule has 1 aromatic heterocycles. The summed E-state index contributed by atoms with van der Waals surface area (Å²) in [6.07, 6.45) is 5.69. The fourth-order valence-corrected chi connectivity index (χ4v) is 3.42. The Labute approximate surface area is 143 Å². The number of thiazole rings is 1. The SMILES string of the molecule is O=C1NC(/N=C/C2CCCOC2)=NC/1=C\c1ccc2ncsc2c1. The quantitative estimate of drug-likeness (QED) is 0.674. The molecule has 1 unspecified atom stereocenters. The highest BCUT2D eigenvalue weighted by Gasteiger charge is 2.20. The van der Waals surface area contributed by atoms with E-state index in [1.54, 1.807) is 17.4 Å². The molecule has 1 atom stereocenters. The zero-order chi connectivity index (χ0) is 16.4. The highest BCUT2D eigenvalue weighted by Crippen LogP contribution is 2.21. The normalized spacial score (nSPS) is 23.2. The van der Waals surface area contributed by atoms with E-state index in [0.717, 1.165) is 35.2 Å². The van der Waals surface area contributed by atoms with Gasteiger partial charge in [-0.2, -0.15) is 0 Å². The van der Waals surface area contributed by atoms with Gasteiger partial charge in [-0.1, -0.05) is 6.07 Å². The van der Waals surface area contributed by atoms with Crippen LogP contribution >= 0.6 is 11.3 Å². The number of nitrogens with zero attached hydrogens (tertiary/aromatic N) is 3. The molecule has 0 radical (unpaired) electrons. The van der Waals surface area contributed by atoms with Crippen molar-refractivity contribution in [1.29, 1.82) is 0 Å². The van der Waals surface area contributed by atoms with Gasteiger partial charge in [0.2, 0.25) is 5.96 Å². The molecule has 1 saturated heterocycles. The van der Waals surface area contributed by atoms with Gasteiger partial charge in [0.05, 0.1) is 22.3 Å². The molecule has 1 fully saturated rings. The summed E-state index contributed by atoms with van der Waals surface area (Å²) in [5.41, 5.74) is 4.06. The van der Waals surface area contributed by atoms with Crippen molar-refractivity contribution in [1.82, 2.24) is 10.3 Å². The molecule has 3 heterocycles. The summed E-state index contributed by atoms with van der Waals surface area (Å²) in [7, 11) is 0. The van der Waals surface area contributed by atoms with E-state index >= 15 is 0 Å². The zero-order valence-electron chi connectivity index (χ0n) is 12.9. The maximum Gasteiger partial charge on any atom is 0.276 e. The van der Waals surface area contributed by atoms with E-state index in [1.807, 2.05) is 29.9 Å². The van der Waals surface area contributed by atoms with Crippen LogP contribution in [0.15, 0.2) is 39.4 Å². The molecule has 6 nitrogen and oxygen atoms in total. The second kappa shape index (κ2) is 6.62. The van der Waals surface area contributed by atoms with Crippen molar-refractivity contribution in [3.63, 3.8) is 0 Å². The number of ether oxygens (including phenoxy) is 1. The Bertz CT molecular complexity index is 862. The van der Waals surface area contributed by atoms with Crippen molar-refractivity contribution >= 4 is 45.7 Å². The Morgan fingerprint density at radius 1 is 1.42 bits per heavy atom. The molecule has 1 aromatic carbocycles. The standard InChI is InChI=1S/C17H16N4O2S/c22-16-14(6-11-3-4-13-15(7-11)24-10-19-13)20-17(21-16)18-8-12-2-1-5-23-9-12/h3-4,6-8,10,12H,1-2,5,9H2,(H,20,21,22)/b14-6-,18-8+. The van der Waals surface area contributed by atoms with Crippen LogP contribution in [0.2, 0.25) is 0 Å². The van der Waals surface area contributed by atoms with Gasteiger partial charge in [0, 0.05) is 18.7 Å². The molecular formula is C17H16N4O2S. The van der Waals surface area contributed by atoms with E-state index in [4.69, 9.17) is 4.74 Å². The monoisotopic (exact) mass is 340 g/mol. The lowest BCUT2D eigenvalue weighted by Crippen LogP contribution is -2.24. The minimum Gasteiger partial charge on any atom is -0.381 e. The molecule has 0 saturated carbocycles. The van der Waals surface area contributed by atoms with E-state index in [0.29, 0.717) is 24.2 Å². The van der Waals surface area contributed by atoms with Crippen LogP contribution in [-0.4, -0.2) is 36.3 Å². The summed E-state index contributed by atoms with van der Waals surface area (Å²) in [6.45, 7) is 1.50. The molecule has 4 rings (SSSR count). The topological polar surface area (TPSA) is 75.9 Å². The molecular weight excluding hydrogens is 324 g/mol. The number of amides is 1. The average Bonchev–Trinajstić information content (AvgIpc) is 3.20. The largest absolute Gasteiger partial charge is 0.381 e. The van der Waals surface area contributed by atoms with Crippen molar-refractivity contribution in [3.8, 4) is 0 Å². The van der Waals surface area contributed by atoms with Crippen molar-refractivity contribution in [2.45, 2.75) is 12.8 Å². The number of aromatic nitrogens is 1.